The molecule has 7 nitrogen and oxygen atoms in total. The van der Waals surface area contributed by atoms with E-state index in [2.05, 4.69) is 28.7 Å². The van der Waals surface area contributed by atoms with E-state index in [9.17, 15) is 9.90 Å². The number of rotatable bonds is 2. The minimum absolute atomic E-state index is 0.101. The molecule has 0 aromatic carbocycles. The van der Waals surface area contributed by atoms with Gasteiger partial charge in [-0.2, -0.15) is 0 Å². The van der Waals surface area contributed by atoms with Crippen LogP contribution in [0.5, 0.6) is 0 Å². The third-order valence-corrected chi connectivity index (χ3v) is 5.38. The number of carbonyl (C=O) groups is 1. The Kier molecular flexibility index (Phi) is 4.48. The van der Waals surface area contributed by atoms with Crippen molar-refractivity contribution in [2.24, 2.45) is 5.41 Å². The van der Waals surface area contributed by atoms with Gasteiger partial charge in [-0.3, -0.25) is 9.78 Å². The van der Waals surface area contributed by atoms with Crippen molar-refractivity contribution in [1.82, 2.24) is 14.9 Å². The van der Waals surface area contributed by atoms with E-state index in [0.717, 1.165) is 0 Å². The van der Waals surface area contributed by atoms with Gasteiger partial charge in [-0.25, -0.2) is 4.98 Å². The predicted octanol–water partition coefficient (Wildman–Crippen LogP) is 0.936. The highest BCUT2D eigenvalue weighted by molar-refractivity contribution is 5.92. The van der Waals surface area contributed by atoms with Gasteiger partial charge >= 0.3 is 0 Å². The highest BCUT2D eigenvalue weighted by atomic mass is 16.5. The van der Waals surface area contributed by atoms with E-state index in [0.29, 0.717) is 57.3 Å². The van der Waals surface area contributed by atoms with E-state index in [4.69, 9.17) is 4.74 Å². The summed E-state index contributed by atoms with van der Waals surface area (Å²) in [7, 11) is 0. The number of ether oxygens (including phenoxy) is 1. The smallest absolute Gasteiger partial charge is 0.274 e. The maximum atomic E-state index is 12.6. The maximum absolute atomic E-state index is 12.6. The fourth-order valence-corrected chi connectivity index (χ4v) is 3.15. The Balaban J connectivity index is 1.77. The second-order valence-electron chi connectivity index (χ2n) is 7.50. The summed E-state index contributed by atoms with van der Waals surface area (Å²) < 4.78 is 5.29. The number of nitrogens with zero attached hydrogens (tertiary/aromatic N) is 4. The number of aliphatic hydroxyl groups is 1. The van der Waals surface area contributed by atoms with E-state index >= 15 is 0 Å². The van der Waals surface area contributed by atoms with Crippen molar-refractivity contribution in [1.29, 1.82) is 0 Å². The topological polar surface area (TPSA) is 78.8 Å². The highest BCUT2D eigenvalue weighted by Crippen LogP contribution is 2.39. The molecule has 0 aliphatic carbocycles. The molecular weight excluding hydrogens is 308 g/mol. The SMILES string of the molecule is CC1(C)CN(c2cncc(C(=O)N3CCOCC3)n2)CC[C@]1(C)O. The largest absolute Gasteiger partial charge is 0.389 e. The number of carbonyl (C=O) groups excluding carboxylic acids is 1. The van der Waals surface area contributed by atoms with Crippen LogP contribution in [-0.2, 0) is 4.74 Å². The first-order valence-electron chi connectivity index (χ1n) is 8.47. The minimum Gasteiger partial charge on any atom is -0.389 e. The molecule has 3 rings (SSSR count). The molecule has 0 saturated carbocycles. The van der Waals surface area contributed by atoms with Crippen molar-refractivity contribution in [2.75, 3.05) is 44.3 Å². The molecule has 1 aromatic heterocycles. The van der Waals surface area contributed by atoms with Crippen LogP contribution in [0.2, 0.25) is 0 Å². The fourth-order valence-electron chi connectivity index (χ4n) is 3.15. The monoisotopic (exact) mass is 334 g/mol. The van der Waals surface area contributed by atoms with Crippen LogP contribution in [0.15, 0.2) is 12.4 Å². The van der Waals surface area contributed by atoms with Gasteiger partial charge in [0, 0.05) is 31.6 Å². The number of aromatic nitrogens is 2. The van der Waals surface area contributed by atoms with Crippen LogP contribution >= 0.6 is 0 Å². The molecule has 1 amide bonds. The third kappa shape index (κ3) is 3.23. The summed E-state index contributed by atoms with van der Waals surface area (Å²) in [5.74, 6) is 0.591. The van der Waals surface area contributed by atoms with E-state index in [1.165, 1.54) is 6.20 Å². The summed E-state index contributed by atoms with van der Waals surface area (Å²) in [6, 6.07) is 0. The van der Waals surface area contributed by atoms with E-state index in [-0.39, 0.29) is 11.3 Å². The van der Waals surface area contributed by atoms with Crippen molar-refractivity contribution in [3.63, 3.8) is 0 Å². The lowest BCUT2D eigenvalue weighted by Gasteiger charge is -2.48. The zero-order chi connectivity index (χ0) is 17.4. The summed E-state index contributed by atoms with van der Waals surface area (Å²) in [4.78, 5) is 25.2. The highest BCUT2D eigenvalue weighted by Gasteiger charge is 2.44. The Labute approximate surface area is 142 Å². The number of anilines is 1. The summed E-state index contributed by atoms with van der Waals surface area (Å²) in [5, 5.41) is 10.5. The summed E-state index contributed by atoms with van der Waals surface area (Å²) in [5.41, 5.74) is -0.612. The Morgan fingerprint density at radius 2 is 1.92 bits per heavy atom. The first-order valence-corrected chi connectivity index (χ1v) is 8.47. The molecule has 2 fully saturated rings. The van der Waals surface area contributed by atoms with Crippen LogP contribution in [-0.4, -0.2) is 70.9 Å². The second-order valence-corrected chi connectivity index (χ2v) is 7.50. The van der Waals surface area contributed by atoms with Crippen LogP contribution in [0, 0.1) is 5.41 Å². The van der Waals surface area contributed by atoms with Crippen molar-refractivity contribution in [3.05, 3.63) is 18.1 Å². The number of morpholine rings is 1. The Morgan fingerprint density at radius 1 is 1.21 bits per heavy atom. The Hall–Kier alpha value is -1.73. The number of amides is 1. The molecular formula is C17H26N4O3. The average Bonchev–Trinajstić information content (AvgIpc) is 2.57. The molecule has 132 valence electrons. The number of hydrogen-bond donors (Lipinski definition) is 1. The minimum atomic E-state index is -0.710. The van der Waals surface area contributed by atoms with Gasteiger partial charge in [-0.05, 0) is 13.3 Å². The van der Waals surface area contributed by atoms with Crippen molar-refractivity contribution in [3.8, 4) is 0 Å². The standard InChI is InChI=1S/C17H26N4O3/c1-16(2)12-21(5-4-17(16,3)23)14-11-18-10-13(19-14)15(22)20-6-8-24-9-7-20/h10-11,23H,4-9,12H2,1-3H3/t17-/m0/s1. The normalized spacial score (nSPS) is 27.2. The zero-order valence-electron chi connectivity index (χ0n) is 14.7. The van der Waals surface area contributed by atoms with Gasteiger partial charge in [0.1, 0.15) is 11.5 Å². The van der Waals surface area contributed by atoms with Crippen molar-refractivity contribution in [2.45, 2.75) is 32.8 Å². The molecule has 0 radical (unpaired) electrons. The van der Waals surface area contributed by atoms with Crippen LogP contribution in [0.25, 0.3) is 0 Å². The molecule has 3 heterocycles. The molecule has 7 heteroatoms. The average molecular weight is 334 g/mol. The fraction of sp³-hybridized carbons (Fsp3) is 0.706. The lowest BCUT2D eigenvalue weighted by molar-refractivity contribution is -0.0650. The molecule has 2 saturated heterocycles. The van der Waals surface area contributed by atoms with Gasteiger partial charge in [0.15, 0.2) is 0 Å². The van der Waals surface area contributed by atoms with Crippen LogP contribution < -0.4 is 4.90 Å². The van der Waals surface area contributed by atoms with E-state index in [1.807, 2.05) is 6.92 Å². The summed E-state index contributed by atoms with van der Waals surface area (Å²) in [6.07, 6.45) is 3.86. The predicted molar refractivity (Wildman–Crippen MR) is 90.0 cm³/mol. The molecule has 24 heavy (non-hydrogen) atoms. The molecule has 2 aliphatic rings. The first-order chi connectivity index (χ1) is 11.3. The lowest BCUT2D eigenvalue weighted by Crippen LogP contribution is -2.56. The van der Waals surface area contributed by atoms with Gasteiger partial charge in [0.05, 0.1) is 31.2 Å². The van der Waals surface area contributed by atoms with Crippen molar-refractivity contribution < 1.29 is 14.6 Å². The Bertz CT molecular complexity index is 612. The molecule has 2 aliphatic heterocycles. The van der Waals surface area contributed by atoms with Gasteiger partial charge in [0.2, 0.25) is 0 Å². The zero-order valence-corrected chi connectivity index (χ0v) is 14.7. The molecule has 1 atom stereocenters. The molecule has 0 bridgehead atoms. The molecule has 0 spiro atoms. The van der Waals surface area contributed by atoms with E-state index < -0.39 is 5.60 Å². The molecule has 0 unspecified atom stereocenters. The summed E-state index contributed by atoms with van der Waals surface area (Å²) in [6.45, 7) is 9.65. The van der Waals surface area contributed by atoms with Gasteiger partial charge < -0.3 is 19.6 Å². The van der Waals surface area contributed by atoms with Crippen LogP contribution in [0.3, 0.4) is 0 Å². The van der Waals surface area contributed by atoms with Gasteiger partial charge in [0.25, 0.3) is 5.91 Å². The van der Waals surface area contributed by atoms with Crippen LogP contribution in [0.4, 0.5) is 5.82 Å². The van der Waals surface area contributed by atoms with Gasteiger partial charge in [-0.1, -0.05) is 13.8 Å². The molecule has 1 N–H and O–H groups in total. The number of piperidine rings is 1. The number of hydrogen-bond acceptors (Lipinski definition) is 6. The lowest BCUT2D eigenvalue weighted by atomic mass is 9.71. The van der Waals surface area contributed by atoms with E-state index in [1.54, 1.807) is 11.1 Å². The second kappa shape index (κ2) is 6.29. The Morgan fingerprint density at radius 3 is 2.58 bits per heavy atom. The summed E-state index contributed by atoms with van der Waals surface area (Å²) >= 11 is 0. The molecule has 1 aromatic rings. The third-order valence-electron chi connectivity index (χ3n) is 5.38. The van der Waals surface area contributed by atoms with Crippen molar-refractivity contribution >= 4 is 11.7 Å². The maximum Gasteiger partial charge on any atom is 0.274 e. The van der Waals surface area contributed by atoms with Gasteiger partial charge in [-0.15, -0.1) is 0 Å². The van der Waals surface area contributed by atoms with Crippen LogP contribution in [0.1, 0.15) is 37.7 Å². The first kappa shape index (κ1) is 17.1. The quantitative estimate of drug-likeness (QED) is 0.867.